The smallest absolute Gasteiger partial charge is 0.267 e. The Hall–Kier alpha value is -1.95. The van der Waals surface area contributed by atoms with Gasteiger partial charge in [0, 0.05) is 11.2 Å². The van der Waals surface area contributed by atoms with E-state index in [0.717, 1.165) is 5.39 Å². The number of hydrogen-bond donors (Lipinski definition) is 0. The van der Waals surface area contributed by atoms with Crippen molar-refractivity contribution in [3.05, 3.63) is 63.3 Å². The molecule has 122 valence electrons. The molecule has 1 aromatic carbocycles. The molecule has 0 N–H and O–H groups in total. The Morgan fingerprint density at radius 1 is 1.04 bits per heavy atom. The lowest BCUT2D eigenvalue weighted by atomic mass is 10.3. The second-order valence-corrected chi connectivity index (χ2v) is 6.49. The molecule has 0 unspecified atom stereocenters. The van der Waals surface area contributed by atoms with Crippen LogP contribution in [0.4, 0.5) is 0 Å². The Labute approximate surface area is 152 Å². The van der Waals surface area contributed by atoms with Crippen LogP contribution in [0, 0.1) is 0 Å². The number of halogens is 2. The molecule has 0 saturated carbocycles. The van der Waals surface area contributed by atoms with Gasteiger partial charge in [0.25, 0.3) is 5.56 Å². The molecular formula is C17H13Cl2N3OS. The SMILES string of the molecule is CC.O=c1c2sc3nccc(Cl)c3c2ncn1-c1ccc(Cl)cc1. The molecular weight excluding hydrogens is 365 g/mol. The van der Waals surface area contributed by atoms with Crippen molar-refractivity contribution in [3.8, 4) is 5.69 Å². The third kappa shape index (κ3) is 2.79. The summed E-state index contributed by atoms with van der Waals surface area (Å²) in [7, 11) is 0. The molecule has 3 aromatic heterocycles. The Kier molecular flexibility index (Phi) is 4.85. The molecule has 0 atom stereocenters. The minimum absolute atomic E-state index is 0.147. The number of thiophene rings is 1. The zero-order valence-electron chi connectivity index (χ0n) is 13.0. The summed E-state index contributed by atoms with van der Waals surface area (Å²) in [5.41, 5.74) is 1.15. The van der Waals surface area contributed by atoms with Gasteiger partial charge in [0.2, 0.25) is 0 Å². The molecule has 0 spiro atoms. The van der Waals surface area contributed by atoms with Gasteiger partial charge in [-0.05, 0) is 30.3 Å². The summed E-state index contributed by atoms with van der Waals surface area (Å²) in [6.07, 6.45) is 3.13. The number of rotatable bonds is 1. The molecule has 0 aliphatic rings. The highest BCUT2D eigenvalue weighted by Crippen LogP contribution is 2.33. The average Bonchev–Trinajstić information content (AvgIpc) is 2.99. The van der Waals surface area contributed by atoms with Crippen LogP contribution in [0.2, 0.25) is 10.0 Å². The van der Waals surface area contributed by atoms with Crippen molar-refractivity contribution < 1.29 is 0 Å². The Balaban J connectivity index is 0.000000815. The van der Waals surface area contributed by atoms with Gasteiger partial charge < -0.3 is 0 Å². The predicted octanol–water partition coefficient (Wildman–Crippen LogP) is 5.33. The lowest BCUT2D eigenvalue weighted by Gasteiger charge is -2.04. The number of benzene rings is 1. The Morgan fingerprint density at radius 2 is 1.75 bits per heavy atom. The molecule has 4 rings (SSSR count). The third-order valence-corrected chi connectivity index (χ3v) is 4.98. The quantitative estimate of drug-likeness (QED) is 0.450. The number of hydrogen-bond acceptors (Lipinski definition) is 4. The molecule has 0 fully saturated rings. The molecule has 0 saturated heterocycles. The fraction of sp³-hybridized carbons (Fsp3) is 0.118. The number of aromatic nitrogens is 3. The first kappa shape index (κ1) is 16.9. The van der Waals surface area contributed by atoms with E-state index >= 15 is 0 Å². The maximum Gasteiger partial charge on any atom is 0.275 e. The van der Waals surface area contributed by atoms with Crippen molar-refractivity contribution in [2.45, 2.75) is 13.8 Å². The van der Waals surface area contributed by atoms with Crippen molar-refractivity contribution in [1.29, 1.82) is 0 Å². The molecule has 7 heteroatoms. The van der Waals surface area contributed by atoms with E-state index in [9.17, 15) is 4.79 Å². The second kappa shape index (κ2) is 6.89. The summed E-state index contributed by atoms with van der Waals surface area (Å²) in [4.78, 5) is 22.1. The van der Waals surface area contributed by atoms with Gasteiger partial charge in [0.05, 0.1) is 21.6 Å². The van der Waals surface area contributed by atoms with Crippen LogP contribution in [0.1, 0.15) is 13.8 Å². The fourth-order valence-electron chi connectivity index (χ4n) is 2.30. The molecule has 0 bridgehead atoms. The van der Waals surface area contributed by atoms with Gasteiger partial charge in [0.1, 0.15) is 15.9 Å². The molecule has 4 nitrogen and oxygen atoms in total. The van der Waals surface area contributed by atoms with Crippen LogP contribution in [0.5, 0.6) is 0 Å². The minimum Gasteiger partial charge on any atom is -0.267 e. The van der Waals surface area contributed by atoms with Gasteiger partial charge in [-0.1, -0.05) is 37.0 Å². The van der Waals surface area contributed by atoms with Crippen LogP contribution in [-0.4, -0.2) is 14.5 Å². The zero-order valence-corrected chi connectivity index (χ0v) is 15.3. The van der Waals surface area contributed by atoms with Crippen LogP contribution in [-0.2, 0) is 0 Å². The maximum absolute atomic E-state index is 12.7. The van der Waals surface area contributed by atoms with E-state index < -0.39 is 0 Å². The molecule has 24 heavy (non-hydrogen) atoms. The predicted molar refractivity (Wildman–Crippen MR) is 102 cm³/mol. The minimum atomic E-state index is -0.147. The lowest BCUT2D eigenvalue weighted by molar-refractivity contribution is 0.968. The van der Waals surface area contributed by atoms with E-state index in [1.807, 2.05) is 13.8 Å². The van der Waals surface area contributed by atoms with Crippen LogP contribution in [0.3, 0.4) is 0 Å². The summed E-state index contributed by atoms with van der Waals surface area (Å²) < 4.78 is 2.02. The standard InChI is InChI=1S/C15H7Cl2N3OS.C2H6/c16-8-1-3-9(4-2-8)20-7-19-12-11-10(17)5-6-18-14(11)22-13(12)15(20)21;1-2/h1-7H;1-2H3. The number of nitrogens with zero attached hydrogens (tertiary/aromatic N) is 3. The van der Waals surface area contributed by atoms with Gasteiger partial charge in [0.15, 0.2) is 0 Å². The Morgan fingerprint density at radius 3 is 2.46 bits per heavy atom. The molecule has 0 aliphatic carbocycles. The van der Waals surface area contributed by atoms with Gasteiger partial charge in [-0.15, -0.1) is 11.3 Å². The summed E-state index contributed by atoms with van der Waals surface area (Å²) in [5, 5.41) is 1.89. The van der Waals surface area contributed by atoms with Gasteiger partial charge in [-0.3, -0.25) is 9.36 Å². The second-order valence-electron chi connectivity index (χ2n) is 4.65. The summed E-state index contributed by atoms with van der Waals surface area (Å²) in [6.45, 7) is 4.00. The molecule has 3 heterocycles. The van der Waals surface area contributed by atoms with E-state index in [4.69, 9.17) is 23.2 Å². The van der Waals surface area contributed by atoms with Crippen LogP contribution in [0.25, 0.3) is 26.1 Å². The summed E-state index contributed by atoms with van der Waals surface area (Å²) >= 11 is 13.4. The highest BCUT2D eigenvalue weighted by Gasteiger charge is 2.15. The van der Waals surface area contributed by atoms with Crippen molar-refractivity contribution in [2.24, 2.45) is 0 Å². The van der Waals surface area contributed by atoms with Gasteiger partial charge in [-0.25, -0.2) is 9.97 Å². The van der Waals surface area contributed by atoms with Crippen molar-refractivity contribution in [1.82, 2.24) is 14.5 Å². The maximum atomic E-state index is 12.7. The highest BCUT2D eigenvalue weighted by molar-refractivity contribution is 7.25. The molecule has 0 aliphatic heterocycles. The van der Waals surface area contributed by atoms with Crippen LogP contribution in [0.15, 0.2) is 47.7 Å². The first-order valence-corrected chi connectivity index (χ1v) is 8.93. The average molecular weight is 378 g/mol. The fourth-order valence-corrected chi connectivity index (χ4v) is 3.77. The van der Waals surface area contributed by atoms with Gasteiger partial charge in [-0.2, -0.15) is 0 Å². The summed E-state index contributed by atoms with van der Waals surface area (Å²) in [6, 6.07) is 8.71. The first-order chi connectivity index (χ1) is 11.6. The van der Waals surface area contributed by atoms with E-state index in [2.05, 4.69) is 9.97 Å². The van der Waals surface area contributed by atoms with Crippen molar-refractivity contribution in [3.63, 3.8) is 0 Å². The number of fused-ring (bicyclic) bond motifs is 3. The summed E-state index contributed by atoms with van der Waals surface area (Å²) in [5.74, 6) is 0. The largest absolute Gasteiger partial charge is 0.275 e. The molecule has 0 amide bonds. The van der Waals surface area contributed by atoms with E-state index in [0.29, 0.717) is 30.8 Å². The first-order valence-electron chi connectivity index (χ1n) is 7.35. The highest BCUT2D eigenvalue weighted by atomic mass is 35.5. The van der Waals surface area contributed by atoms with E-state index in [-0.39, 0.29) is 5.56 Å². The normalized spacial score (nSPS) is 10.7. The monoisotopic (exact) mass is 377 g/mol. The van der Waals surface area contributed by atoms with Crippen molar-refractivity contribution >= 4 is 55.0 Å². The van der Waals surface area contributed by atoms with Crippen LogP contribution >= 0.6 is 34.5 Å². The molecule has 0 radical (unpaired) electrons. The Bertz CT molecular complexity index is 1070. The van der Waals surface area contributed by atoms with E-state index in [1.54, 1.807) is 36.5 Å². The lowest BCUT2D eigenvalue weighted by Crippen LogP contribution is -2.17. The third-order valence-electron chi connectivity index (χ3n) is 3.34. The molecule has 4 aromatic rings. The van der Waals surface area contributed by atoms with E-state index in [1.165, 1.54) is 22.2 Å². The topological polar surface area (TPSA) is 47.8 Å². The van der Waals surface area contributed by atoms with Gasteiger partial charge >= 0.3 is 0 Å². The van der Waals surface area contributed by atoms with Crippen molar-refractivity contribution in [2.75, 3.05) is 0 Å². The number of pyridine rings is 1. The van der Waals surface area contributed by atoms with Crippen LogP contribution < -0.4 is 5.56 Å². The zero-order chi connectivity index (χ0) is 17.3.